The van der Waals surface area contributed by atoms with E-state index in [9.17, 15) is 4.79 Å². The van der Waals surface area contributed by atoms with Gasteiger partial charge in [-0.15, -0.1) is 11.3 Å². The number of carbonyl (C=O) groups is 1. The Balaban J connectivity index is 2.44. The Hall–Kier alpha value is -0.830. The summed E-state index contributed by atoms with van der Waals surface area (Å²) in [5, 5.41) is 0.741. The number of hydrogen-bond donors (Lipinski definition) is 1. The van der Waals surface area contributed by atoms with E-state index in [0.29, 0.717) is 0 Å². The fraction of sp³-hybridized carbons (Fsp3) is 0.615. The van der Waals surface area contributed by atoms with Crippen LogP contribution < -0.4 is 5.73 Å². The molecule has 0 aliphatic heterocycles. The summed E-state index contributed by atoms with van der Waals surface area (Å²) in [5.41, 5.74) is 8.12. The van der Waals surface area contributed by atoms with Gasteiger partial charge in [0.25, 0.3) is 0 Å². The van der Waals surface area contributed by atoms with Crippen LogP contribution in [-0.2, 0) is 12.8 Å². The zero-order chi connectivity index (χ0) is 11.7. The van der Waals surface area contributed by atoms with Gasteiger partial charge >= 0.3 is 0 Å². The smallest absolute Gasteiger partial charge is 0.168 e. The minimum absolute atomic E-state index is 0.0456. The van der Waals surface area contributed by atoms with Gasteiger partial charge in [-0.05, 0) is 31.2 Å². The van der Waals surface area contributed by atoms with Crippen molar-refractivity contribution in [1.82, 2.24) is 0 Å². The summed E-state index contributed by atoms with van der Waals surface area (Å²) >= 11 is 1.63. The van der Waals surface area contributed by atoms with Crippen molar-refractivity contribution in [3.05, 3.63) is 16.0 Å². The van der Waals surface area contributed by atoms with E-state index in [1.165, 1.54) is 29.7 Å². The molecule has 0 atom stereocenters. The number of anilines is 1. The minimum Gasteiger partial charge on any atom is -0.390 e. The molecule has 0 radical (unpaired) electrons. The third-order valence-electron chi connectivity index (χ3n) is 3.22. The highest BCUT2D eigenvalue weighted by Crippen LogP contribution is 2.36. The Kier molecular flexibility index (Phi) is 3.33. The molecular weight excluding hydrogens is 218 g/mol. The van der Waals surface area contributed by atoms with E-state index in [4.69, 9.17) is 5.73 Å². The lowest BCUT2D eigenvalue weighted by molar-refractivity contribution is 0.0939. The Bertz CT molecular complexity index is 406. The van der Waals surface area contributed by atoms with Crippen LogP contribution in [-0.4, -0.2) is 5.78 Å². The summed E-state index contributed by atoms with van der Waals surface area (Å²) < 4.78 is 0. The number of Topliss-reactive ketones (excluding diaryl/α,β-unsaturated/α-hetero) is 1. The number of aryl methyl sites for hydroxylation is 1. The number of rotatable bonds is 2. The van der Waals surface area contributed by atoms with E-state index in [1.807, 2.05) is 13.8 Å². The molecule has 2 nitrogen and oxygen atoms in total. The first-order valence-corrected chi connectivity index (χ1v) is 6.87. The maximum absolute atomic E-state index is 12.1. The first-order valence-electron chi connectivity index (χ1n) is 6.05. The molecule has 0 unspecified atom stereocenters. The van der Waals surface area contributed by atoms with Gasteiger partial charge in [0.2, 0.25) is 0 Å². The van der Waals surface area contributed by atoms with Crippen molar-refractivity contribution in [3.8, 4) is 0 Å². The average Bonchev–Trinajstić information content (AvgIpc) is 2.41. The molecule has 1 aromatic heterocycles. The Morgan fingerprint density at radius 1 is 1.25 bits per heavy atom. The van der Waals surface area contributed by atoms with Gasteiger partial charge in [0.05, 0.1) is 10.6 Å². The first kappa shape index (κ1) is 11.6. The molecule has 1 aromatic rings. The van der Waals surface area contributed by atoms with E-state index in [0.717, 1.165) is 23.4 Å². The zero-order valence-corrected chi connectivity index (χ0v) is 10.8. The lowest BCUT2D eigenvalue weighted by Gasteiger charge is -2.07. The van der Waals surface area contributed by atoms with Crippen molar-refractivity contribution in [2.24, 2.45) is 5.92 Å². The number of carbonyl (C=O) groups excluding carboxylic acids is 1. The molecule has 0 spiro atoms. The van der Waals surface area contributed by atoms with Gasteiger partial charge in [0.1, 0.15) is 0 Å². The van der Waals surface area contributed by atoms with Crippen molar-refractivity contribution in [2.45, 2.75) is 46.0 Å². The molecule has 0 aromatic carbocycles. The Morgan fingerprint density at radius 3 is 2.62 bits per heavy atom. The van der Waals surface area contributed by atoms with E-state index >= 15 is 0 Å². The molecule has 0 saturated heterocycles. The lowest BCUT2D eigenvalue weighted by atomic mass is 9.96. The second-order valence-electron chi connectivity index (χ2n) is 4.82. The maximum Gasteiger partial charge on any atom is 0.168 e. The van der Waals surface area contributed by atoms with Crippen molar-refractivity contribution in [1.29, 1.82) is 0 Å². The van der Waals surface area contributed by atoms with E-state index in [1.54, 1.807) is 11.3 Å². The van der Waals surface area contributed by atoms with Crippen LogP contribution in [0.1, 0.15) is 53.9 Å². The maximum atomic E-state index is 12.1. The average molecular weight is 237 g/mol. The summed E-state index contributed by atoms with van der Waals surface area (Å²) in [5.74, 6) is 0.265. The molecular formula is C13H19NOS. The van der Waals surface area contributed by atoms with Crippen molar-refractivity contribution in [2.75, 3.05) is 5.73 Å². The molecule has 88 valence electrons. The van der Waals surface area contributed by atoms with Gasteiger partial charge in [-0.1, -0.05) is 20.3 Å². The van der Waals surface area contributed by atoms with Crippen LogP contribution in [0, 0.1) is 5.92 Å². The summed E-state index contributed by atoms with van der Waals surface area (Å²) in [7, 11) is 0. The van der Waals surface area contributed by atoms with Crippen LogP contribution in [0.15, 0.2) is 0 Å². The van der Waals surface area contributed by atoms with Gasteiger partial charge in [0, 0.05) is 10.8 Å². The molecule has 0 fully saturated rings. The second kappa shape index (κ2) is 4.58. The SMILES string of the molecule is CC(C)C(=O)c1c(N)sc2c1CCCCC2. The predicted molar refractivity (Wildman–Crippen MR) is 69.2 cm³/mol. The van der Waals surface area contributed by atoms with Crippen LogP contribution in [0.2, 0.25) is 0 Å². The predicted octanol–water partition coefficient (Wildman–Crippen LogP) is 3.44. The highest BCUT2D eigenvalue weighted by molar-refractivity contribution is 7.16. The molecule has 3 heteroatoms. The van der Waals surface area contributed by atoms with Gasteiger partial charge in [-0.25, -0.2) is 0 Å². The van der Waals surface area contributed by atoms with Crippen LogP contribution in [0.25, 0.3) is 0 Å². The Labute approximate surface area is 101 Å². The summed E-state index contributed by atoms with van der Waals surface area (Å²) in [6, 6.07) is 0. The van der Waals surface area contributed by atoms with Crippen LogP contribution in [0.5, 0.6) is 0 Å². The van der Waals surface area contributed by atoms with E-state index < -0.39 is 0 Å². The minimum atomic E-state index is 0.0456. The van der Waals surface area contributed by atoms with Crippen LogP contribution >= 0.6 is 11.3 Å². The van der Waals surface area contributed by atoms with E-state index in [-0.39, 0.29) is 11.7 Å². The largest absolute Gasteiger partial charge is 0.390 e. The monoisotopic (exact) mass is 237 g/mol. The molecule has 2 rings (SSSR count). The topological polar surface area (TPSA) is 43.1 Å². The zero-order valence-electron chi connectivity index (χ0n) is 10.0. The van der Waals surface area contributed by atoms with Gasteiger partial charge in [-0.3, -0.25) is 4.79 Å². The van der Waals surface area contributed by atoms with Crippen molar-refractivity contribution >= 4 is 22.1 Å². The molecule has 1 heterocycles. The fourth-order valence-corrected chi connectivity index (χ4v) is 3.49. The van der Waals surface area contributed by atoms with Crippen molar-refractivity contribution in [3.63, 3.8) is 0 Å². The molecule has 1 aliphatic carbocycles. The molecule has 0 bridgehead atoms. The number of ketones is 1. The number of nitrogens with two attached hydrogens (primary N) is 1. The van der Waals surface area contributed by atoms with Crippen LogP contribution in [0.3, 0.4) is 0 Å². The lowest BCUT2D eigenvalue weighted by Crippen LogP contribution is -2.11. The summed E-state index contributed by atoms with van der Waals surface area (Å²) in [4.78, 5) is 13.5. The second-order valence-corrected chi connectivity index (χ2v) is 5.96. The number of thiophene rings is 1. The third-order valence-corrected chi connectivity index (χ3v) is 4.34. The van der Waals surface area contributed by atoms with Gasteiger partial charge < -0.3 is 5.73 Å². The fourth-order valence-electron chi connectivity index (χ4n) is 2.32. The quantitative estimate of drug-likeness (QED) is 0.632. The number of fused-ring (bicyclic) bond motifs is 1. The van der Waals surface area contributed by atoms with Crippen LogP contribution in [0.4, 0.5) is 5.00 Å². The normalized spacial score (nSPS) is 15.9. The summed E-state index contributed by atoms with van der Waals surface area (Å²) in [6.45, 7) is 3.89. The molecule has 0 saturated carbocycles. The third kappa shape index (κ3) is 2.01. The van der Waals surface area contributed by atoms with Crippen molar-refractivity contribution < 1.29 is 4.79 Å². The number of hydrogen-bond acceptors (Lipinski definition) is 3. The first-order chi connectivity index (χ1) is 7.61. The standard InChI is InChI=1S/C13H19NOS/c1-8(2)12(15)11-9-6-4-3-5-7-10(9)16-13(11)14/h8H,3-7,14H2,1-2H3. The highest BCUT2D eigenvalue weighted by Gasteiger charge is 2.24. The highest BCUT2D eigenvalue weighted by atomic mass is 32.1. The number of nitrogen functional groups attached to an aromatic ring is 1. The molecule has 2 N–H and O–H groups in total. The molecule has 0 amide bonds. The van der Waals surface area contributed by atoms with Gasteiger partial charge in [0.15, 0.2) is 5.78 Å². The van der Waals surface area contributed by atoms with Gasteiger partial charge in [-0.2, -0.15) is 0 Å². The Morgan fingerprint density at radius 2 is 1.94 bits per heavy atom. The molecule has 1 aliphatic rings. The van der Waals surface area contributed by atoms with E-state index in [2.05, 4.69) is 0 Å². The molecule has 16 heavy (non-hydrogen) atoms. The summed E-state index contributed by atoms with van der Waals surface area (Å²) in [6.07, 6.45) is 5.85.